The van der Waals surface area contributed by atoms with E-state index in [1.807, 2.05) is 24.3 Å². The minimum Gasteiger partial charge on any atom is -0.324 e. The molecule has 0 atom stereocenters. The molecule has 2 aromatic carbocycles. The molecule has 0 bridgehead atoms. The van der Waals surface area contributed by atoms with Crippen LogP contribution in [0.2, 0.25) is 0 Å². The van der Waals surface area contributed by atoms with Crippen molar-refractivity contribution in [1.29, 1.82) is 0 Å². The van der Waals surface area contributed by atoms with Gasteiger partial charge in [0.2, 0.25) is 21.9 Å². The summed E-state index contributed by atoms with van der Waals surface area (Å²) in [7, 11) is -3.50. The number of anilines is 1. The Balaban J connectivity index is 1.39. The molecule has 0 spiro atoms. The zero-order valence-electron chi connectivity index (χ0n) is 14.6. The Labute approximate surface area is 157 Å². The second-order valence-electron chi connectivity index (χ2n) is 6.58. The third-order valence-electron chi connectivity index (χ3n) is 4.84. The summed E-state index contributed by atoms with van der Waals surface area (Å²) in [4.78, 5) is 20.2. The van der Waals surface area contributed by atoms with Crippen molar-refractivity contribution in [3.8, 4) is 0 Å². The lowest BCUT2D eigenvalue weighted by Crippen LogP contribution is -2.41. The Hall–Kier alpha value is -2.71. The number of nitrogens with one attached hydrogen (secondary N) is 2. The fourth-order valence-electron chi connectivity index (χ4n) is 3.33. The van der Waals surface area contributed by atoms with E-state index < -0.39 is 10.0 Å². The quantitative estimate of drug-likeness (QED) is 0.723. The van der Waals surface area contributed by atoms with E-state index in [0.717, 1.165) is 11.0 Å². The van der Waals surface area contributed by atoms with Crippen LogP contribution in [0.25, 0.3) is 11.0 Å². The van der Waals surface area contributed by atoms with E-state index in [9.17, 15) is 13.2 Å². The van der Waals surface area contributed by atoms with Gasteiger partial charge in [-0.1, -0.05) is 30.3 Å². The van der Waals surface area contributed by atoms with Crippen LogP contribution in [0.15, 0.2) is 59.5 Å². The van der Waals surface area contributed by atoms with Crippen molar-refractivity contribution < 1.29 is 13.2 Å². The third kappa shape index (κ3) is 3.58. The number of carbonyl (C=O) groups is 1. The molecule has 1 aliphatic rings. The molecule has 1 amide bonds. The molecule has 1 aromatic heterocycles. The maximum absolute atomic E-state index is 12.7. The number of fused-ring (bicyclic) bond motifs is 1. The number of carbonyl (C=O) groups excluding carboxylic acids is 1. The Bertz CT molecular complexity index is 1020. The van der Waals surface area contributed by atoms with E-state index in [1.54, 1.807) is 30.3 Å². The first-order valence-corrected chi connectivity index (χ1v) is 10.3. The van der Waals surface area contributed by atoms with Crippen molar-refractivity contribution in [3.63, 3.8) is 0 Å². The predicted molar refractivity (Wildman–Crippen MR) is 103 cm³/mol. The van der Waals surface area contributed by atoms with Crippen molar-refractivity contribution in [2.45, 2.75) is 17.7 Å². The van der Waals surface area contributed by atoms with Gasteiger partial charge >= 0.3 is 0 Å². The van der Waals surface area contributed by atoms with Gasteiger partial charge in [-0.05, 0) is 37.1 Å². The molecular weight excluding hydrogens is 364 g/mol. The van der Waals surface area contributed by atoms with Gasteiger partial charge in [-0.25, -0.2) is 13.4 Å². The first kappa shape index (κ1) is 17.7. The lowest BCUT2D eigenvalue weighted by atomic mass is 9.97. The number of amides is 1. The first-order valence-electron chi connectivity index (χ1n) is 8.85. The van der Waals surface area contributed by atoms with Gasteiger partial charge in [0.25, 0.3) is 0 Å². The zero-order valence-corrected chi connectivity index (χ0v) is 15.4. The number of rotatable bonds is 4. The number of benzene rings is 2. The van der Waals surface area contributed by atoms with Crippen LogP contribution in [0.4, 0.5) is 5.95 Å². The first-order chi connectivity index (χ1) is 13.0. The molecular formula is C19H20N4O3S. The lowest BCUT2D eigenvalue weighted by molar-refractivity contribution is -0.120. The van der Waals surface area contributed by atoms with E-state index in [1.165, 1.54) is 4.31 Å². The third-order valence-corrected chi connectivity index (χ3v) is 6.75. The summed E-state index contributed by atoms with van der Waals surface area (Å²) in [6, 6.07) is 15.9. The number of aromatic nitrogens is 2. The highest BCUT2D eigenvalue weighted by Gasteiger charge is 2.32. The number of H-pyrrole nitrogens is 1. The Morgan fingerprint density at radius 2 is 1.70 bits per heavy atom. The minimum absolute atomic E-state index is 0.134. The molecule has 0 unspecified atom stereocenters. The van der Waals surface area contributed by atoms with Crippen LogP contribution >= 0.6 is 0 Å². The van der Waals surface area contributed by atoms with Crippen LogP contribution in [-0.2, 0) is 14.8 Å². The highest BCUT2D eigenvalue weighted by atomic mass is 32.2. The molecule has 2 N–H and O–H groups in total. The monoisotopic (exact) mass is 384 g/mol. The number of para-hydroxylation sites is 2. The van der Waals surface area contributed by atoms with Crippen molar-refractivity contribution >= 4 is 32.9 Å². The van der Waals surface area contributed by atoms with Crippen molar-refractivity contribution in [2.75, 3.05) is 18.4 Å². The Morgan fingerprint density at radius 1 is 1.04 bits per heavy atom. The predicted octanol–water partition coefficient (Wildman–Crippen LogP) is 2.60. The van der Waals surface area contributed by atoms with Gasteiger partial charge in [0.15, 0.2) is 0 Å². The number of piperidine rings is 1. The number of nitrogens with zero attached hydrogens (tertiary/aromatic N) is 2. The SMILES string of the molecule is O=C(Nc1nc2ccccc2[nH]1)C1CCN(S(=O)(=O)c2ccccc2)CC1. The molecule has 1 fully saturated rings. The molecule has 1 aliphatic heterocycles. The minimum atomic E-state index is -3.50. The van der Waals surface area contributed by atoms with Gasteiger partial charge in [0.05, 0.1) is 15.9 Å². The van der Waals surface area contributed by atoms with E-state index >= 15 is 0 Å². The van der Waals surface area contributed by atoms with E-state index in [0.29, 0.717) is 31.9 Å². The van der Waals surface area contributed by atoms with E-state index in [4.69, 9.17) is 0 Å². The molecule has 0 radical (unpaired) electrons. The smallest absolute Gasteiger partial charge is 0.243 e. The van der Waals surface area contributed by atoms with Crippen LogP contribution < -0.4 is 5.32 Å². The van der Waals surface area contributed by atoms with Gasteiger partial charge < -0.3 is 4.98 Å². The molecule has 140 valence electrons. The van der Waals surface area contributed by atoms with Crippen molar-refractivity contribution in [1.82, 2.24) is 14.3 Å². The van der Waals surface area contributed by atoms with Crippen LogP contribution in [0.1, 0.15) is 12.8 Å². The highest BCUT2D eigenvalue weighted by molar-refractivity contribution is 7.89. The number of hydrogen-bond acceptors (Lipinski definition) is 4. The summed E-state index contributed by atoms with van der Waals surface area (Å²) in [5, 5.41) is 2.81. The van der Waals surface area contributed by atoms with Crippen molar-refractivity contribution in [3.05, 3.63) is 54.6 Å². The summed E-state index contributed by atoms with van der Waals surface area (Å²) in [5.41, 5.74) is 1.65. The van der Waals surface area contributed by atoms with Gasteiger partial charge in [-0.3, -0.25) is 10.1 Å². The fourth-order valence-corrected chi connectivity index (χ4v) is 4.82. The molecule has 3 aromatic rings. The number of sulfonamides is 1. The number of hydrogen-bond donors (Lipinski definition) is 2. The molecule has 0 aliphatic carbocycles. The summed E-state index contributed by atoms with van der Waals surface area (Å²) < 4.78 is 26.8. The van der Waals surface area contributed by atoms with Gasteiger partial charge in [0.1, 0.15) is 0 Å². The summed E-state index contributed by atoms with van der Waals surface area (Å²) in [6.07, 6.45) is 0.969. The summed E-state index contributed by atoms with van der Waals surface area (Å²) in [6.45, 7) is 0.658. The molecule has 0 saturated carbocycles. The fraction of sp³-hybridized carbons (Fsp3) is 0.263. The van der Waals surface area contributed by atoms with Crippen LogP contribution in [0, 0.1) is 5.92 Å². The second-order valence-corrected chi connectivity index (χ2v) is 8.52. The van der Waals surface area contributed by atoms with Crippen molar-refractivity contribution in [2.24, 2.45) is 5.92 Å². The standard InChI is InChI=1S/C19H20N4O3S/c24-18(22-19-20-16-8-4-5-9-17(16)21-19)14-10-12-23(13-11-14)27(25,26)15-6-2-1-3-7-15/h1-9,14H,10-13H2,(H2,20,21,22,24). The lowest BCUT2D eigenvalue weighted by Gasteiger charge is -2.30. The van der Waals surface area contributed by atoms with E-state index in [2.05, 4.69) is 15.3 Å². The number of imidazole rings is 1. The van der Waals surface area contributed by atoms with Gasteiger partial charge in [-0.2, -0.15) is 4.31 Å². The molecule has 4 rings (SSSR count). The molecule has 7 nitrogen and oxygen atoms in total. The topological polar surface area (TPSA) is 95.2 Å². The Morgan fingerprint density at radius 3 is 2.41 bits per heavy atom. The average molecular weight is 384 g/mol. The molecule has 27 heavy (non-hydrogen) atoms. The van der Waals surface area contributed by atoms with Crippen LogP contribution in [0.3, 0.4) is 0 Å². The maximum Gasteiger partial charge on any atom is 0.243 e. The summed E-state index contributed by atoms with van der Waals surface area (Å²) in [5.74, 6) is 0.0480. The largest absolute Gasteiger partial charge is 0.324 e. The highest BCUT2D eigenvalue weighted by Crippen LogP contribution is 2.25. The zero-order chi connectivity index (χ0) is 18.9. The Kier molecular flexibility index (Phi) is 4.67. The van der Waals surface area contributed by atoms with Crippen LogP contribution in [-0.4, -0.2) is 41.7 Å². The van der Waals surface area contributed by atoms with Gasteiger partial charge in [-0.15, -0.1) is 0 Å². The average Bonchev–Trinajstić information content (AvgIpc) is 3.11. The summed E-state index contributed by atoms with van der Waals surface area (Å²) >= 11 is 0. The normalized spacial score (nSPS) is 16.4. The second kappa shape index (κ2) is 7.13. The molecule has 8 heteroatoms. The molecule has 1 saturated heterocycles. The molecule has 2 heterocycles. The van der Waals surface area contributed by atoms with Gasteiger partial charge in [0, 0.05) is 19.0 Å². The maximum atomic E-state index is 12.7. The van der Waals surface area contributed by atoms with E-state index in [-0.39, 0.29) is 16.7 Å². The van der Waals surface area contributed by atoms with Crippen LogP contribution in [0.5, 0.6) is 0 Å². The number of aromatic amines is 1.